The van der Waals surface area contributed by atoms with Crippen LogP contribution in [0.15, 0.2) is 24.4 Å². The van der Waals surface area contributed by atoms with Gasteiger partial charge in [-0.2, -0.15) is 0 Å². The van der Waals surface area contributed by atoms with Gasteiger partial charge in [0.05, 0.1) is 31.7 Å². The maximum atomic E-state index is 13.1. The highest BCUT2D eigenvalue weighted by molar-refractivity contribution is 6.05. The fourth-order valence-electron chi connectivity index (χ4n) is 4.66. The SMILES string of the molecule is CN1CCOCC1(CO)c1cn(-c2cccc3c2CN(C2CCC(=O)NC2=O)C3=O)nn1. The number of aromatic nitrogens is 3. The Bertz CT molecular complexity index is 1100. The van der Waals surface area contributed by atoms with Crippen LogP contribution in [0, 0.1) is 0 Å². The monoisotopic (exact) mass is 440 g/mol. The van der Waals surface area contributed by atoms with Crippen molar-refractivity contribution < 1.29 is 24.2 Å². The molecule has 4 heterocycles. The number of morpholine rings is 1. The van der Waals surface area contributed by atoms with E-state index in [9.17, 15) is 19.5 Å². The summed E-state index contributed by atoms with van der Waals surface area (Å²) in [5.41, 5.74) is 1.70. The zero-order valence-corrected chi connectivity index (χ0v) is 17.7. The van der Waals surface area contributed by atoms with E-state index in [2.05, 4.69) is 15.6 Å². The number of hydrogen-bond acceptors (Lipinski definition) is 8. The Balaban J connectivity index is 1.47. The highest BCUT2D eigenvalue weighted by atomic mass is 16.5. The fourth-order valence-corrected chi connectivity index (χ4v) is 4.66. The number of ether oxygens (including phenoxy) is 1. The minimum absolute atomic E-state index is 0.170. The van der Waals surface area contributed by atoms with Crippen LogP contribution in [0.3, 0.4) is 0 Å². The molecule has 2 N–H and O–H groups in total. The van der Waals surface area contributed by atoms with Crippen LogP contribution in [-0.2, 0) is 26.4 Å². The number of nitrogens with zero attached hydrogens (tertiary/aromatic N) is 5. The van der Waals surface area contributed by atoms with Gasteiger partial charge in [-0.05, 0) is 25.6 Å². The minimum atomic E-state index is -0.789. The number of aliphatic hydroxyl groups excluding tert-OH is 1. The van der Waals surface area contributed by atoms with Gasteiger partial charge < -0.3 is 14.7 Å². The van der Waals surface area contributed by atoms with Gasteiger partial charge in [0.1, 0.15) is 17.3 Å². The Morgan fingerprint density at radius 2 is 2.16 bits per heavy atom. The molecule has 1 aromatic carbocycles. The van der Waals surface area contributed by atoms with E-state index in [1.807, 2.05) is 18.0 Å². The second-order valence-electron chi connectivity index (χ2n) is 8.42. The van der Waals surface area contributed by atoms with Crippen LogP contribution in [0.4, 0.5) is 0 Å². The molecule has 0 saturated carbocycles. The molecule has 3 aliphatic rings. The van der Waals surface area contributed by atoms with Gasteiger partial charge in [-0.3, -0.25) is 24.6 Å². The number of carbonyl (C=O) groups is 3. The summed E-state index contributed by atoms with van der Waals surface area (Å²) in [4.78, 5) is 40.4. The molecule has 3 amide bonds. The Hall–Kier alpha value is -3.15. The first-order chi connectivity index (χ1) is 15.4. The zero-order chi connectivity index (χ0) is 22.5. The van der Waals surface area contributed by atoms with E-state index in [4.69, 9.17) is 4.74 Å². The third kappa shape index (κ3) is 3.12. The first-order valence-electron chi connectivity index (χ1n) is 10.5. The molecule has 2 atom stereocenters. The molecular formula is C21H24N6O5. The van der Waals surface area contributed by atoms with Crippen molar-refractivity contribution in [3.63, 3.8) is 0 Å². The summed E-state index contributed by atoms with van der Waals surface area (Å²) < 4.78 is 7.20. The third-order valence-corrected chi connectivity index (χ3v) is 6.68. The average Bonchev–Trinajstić information content (AvgIpc) is 3.40. The van der Waals surface area contributed by atoms with Gasteiger partial charge >= 0.3 is 0 Å². The van der Waals surface area contributed by atoms with Crippen LogP contribution in [0.1, 0.15) is 34.5 Å². The molecule has 2 fully saturated rings. The maximum Gasteiger partial charge on any atom is 0.255 e. The van der Waals surface area contributed by atoms with Crippen LogP contribution < -0.4 is 5.32 Å². The molecule has 1 aromatic heterocycles. The van der Waals surface area contributed by atoms with E-state index in [0.717, 1.165) is 5.56 Å². The standard InChI is InChI=1S/C21H24N6O5/c1-25-7-8-32-12-21(25,11-28)17-10-27(24-23-17)15-4-2-3-13-14(15)9-26(20(13)31)16-5-6-18(29)22-19(16)30/h2-4,10,16,28H,5-9,11-12H2,1H3,(H,22,29,30). The number of carbonyl (C=O) groups excluding carboxylic acids is 3. The predicted molar refractivity (Wildman–Crippen MR) is 110 cm³/mol. The van der Waals surface area contributed by atoms with E-state index in [1.54, 1.807) is 23.0 Å². The van der Waals surface area contributed by atoms with Crippen molar-refractivity contribution in [1.82, 2.24) is 30.1 Å². The lowest BCUT2D eigenvalue weighted by Crippen LogP contribution is -2.55. The Morgan fingerprint density at radius 3 is 2.91 bits per heavy atom. The van der Waals surface area contributed by atoms with Gasteiger partial charge in [-0.25, -0.2) is 4.68 Å². The molecule has 11 nitrogen and oxygen atoms in total. The predicted octanol–water partition coefficient (Wildman–Crippen LogP) is -0.822. The molecule has 0 radical (unpaired) electrons. The largest absolute Gasteiger partial charge is 0.394 e. The summed E-state index contributed by atoms with van der Waals surface area (Å²) in [5, 5.41) is 21.0. The van der Waals surface area contributed by atoms with Gasteiger partial charge in [0.25, 0.3) is 5.91 Å². The lowest BCUT2D eigenvalue weighted by atomic mass is 9.94. The minimum Gasteiger partial charge on any atom is -0.394 e. The molecule has 32 heavy (non-hydrogen) atoms. The van der Waals surface area contributed by atoms with Crippen molar-refractivity contribution >= 4 is 17.7 Å². The molecule has 5 rings (SSSR count). The van der Waals surface area contributed by atoms with Crippen molar-refractivity contribution in [2.24, 2.45) is 0 Å². The lowest BCUT2D eigenvalue weighted by molar-refractivity contribution is -0.136. The van der Waals surface area contributed by atoms with Crippen LogP contribution in [-0.4, -0.2) is 87.1 Å². The molecule has 3 aliphatic heterocycles. The average molecular weight is 440 g/mol. The molecule has 2 unspecified atom stereocenters. The van der Waals surface area contributed by atoms with Gasteiger partial charge in [0.15, 0.2) is 0 Å². The van der Waals surface area contributed by atoms with E-state index in [0.29, 0.717) is 43.1 Å². The van der Waals surface area contributed by atoms with Gasteiger partial charge in [-0.1, -0.05) is 11.3 Å². The number of fused-ring (bicyclic) bond motifs is 1. The van der Waals surface area contributed by atoms with Gasteiger partial charge in [-0.15, -0.1) is 5.10 Å². The van der Waals surface area contributed by atoms with Crippen LogP contribution in [0.2, 0.25) is 0 Å². The Labute approximate surface area is 183 Å². The molecule has 168 valence electrons. The molecule has 0 bridgehead atoms. The molecule has 2 saturated heterocycles. The second kappa shape index (κ2) is 7.76. The van der Waals surface area contributed by atoms with Gasteiger partial charge in [0.2, 0.25) is 11.8 Å². The smallest absolute Gasteiger partial charge is 0.255 e. The third-order valence-electron chi connectivity index (χ3n) is 6.68. The first kappa shape index (κ1) is 20.7. The van der Waals surface area contributed by atoms with Crippen molar-refractivity contribution in [2.75, 3.05) is 33.4 Å². The number of rotatable bonds is 4. The number of aliphatic hydroxyl groups is 1. The molecule has 0 spiro atoms. The van der Waals surface area contributed by atoms with Gasteiger partial charge in [0, 0.05) is 30.6 Å². The number of hydrogen-bond donors (Lipinski definition) is 2. The number of amides is 3. The van der Waals surface area contributed by atoms with Crippen molar-refractivity contribution in [1.29, 1.82) is 0 Å². The Kier molecular flexibility index (Phi) is 5.03. The van der Waals surface area contributed by atoms with Crippen LogP contribution >= 0.6 is 0 Å². The zero-order valence-electron chi connectivity index (χ0n) is 17.7. The summed E-state index contributed by atoms with van der Waals surface area (Å²) in [6.45, 7) is 1.60. The van der Waals surface area contributed by atoms with E-state index in [1.165, 1.54) is 4.90 Å². The molecule has 11 heteroatoms. The number of benzene rings is 1. The number of nitrogens with one attached hydrogen (secondary N) is 1. The Morgan fingerprint density at radius 1 is 1.31 bits per heavy atom. The fraction of sp³-hybridized carbons (Fsp3) is 0.476. The van der Waals surface area contributed by atoms with E-state index < -0.39 is 17.5 Å². The van der Waals surface area contributed by atoms with Crippen LogP contribution in [0.5, 0.6) is 0 Å². The summed E-state index contributed by atoms with van der Waals surface area (Å²) in [6, 6.07) is 4.64. The van der Waals surface area contributed by atoms with Crippen molar-refractivity contribution in [3.8, 4) is 5.69 Å². The number of imide groups is 1. The van der Waals surface area contributed by atoms with E-state index >= 15 is 0 Å². The number of likely N-dealkylation sites (N-methyl/N-ethyl adjacent to an activating group) is 1. The molecule has 0 aliphatic carbocycles. The van der Waals surface area contributed by atoms with E-state index in [-0.39, 0.29) is 31.4 Å². The number of piperidine rings is 1. The summed E-state index contributed by atoms with van der Waals surface area (Å²) >= 11 is 0. The first-order valence-corrected chi connectivity index (χ1v) is 10.5. The molecule has 2 aromatic rings. The second-order valence-corrected chi connectivity index (χ2v) is 8.42. The van der Waals surface area contributed by atoms with Crippen molar-refractivity contribution in [2.45, 2.75) is 31.0 Å². The molecular weight excluding hydrogens is 416 g/mol. The lowest BCUT2D eigenvalue weighted by Gasteiger charge is -2.42. The highest BCUT2D eigenvalue weighted by Gasteiger charge is 2.43. The summed E-state index contributed by atoms with van der Waals surface area (Å²) in [6.07, 6.45) is 2.25. The summed E-state index contributed by atoms with van der Waals surface area (Å²) in [7, 11) is 1.91. The van der Waals surface area contributed by atoms with Crippen molar-refractivity contribution in [3.05, 3.63) is 41.2 Å². The van der Waals surface area contributed by atoms with Crippen LogP contribution in [0.25, 0.3) is 5.69 Å². The quantitative estimate of drug-likeness (QED) is 0.590. The summed E-state index contributed by atoms with van der Waals surface area (Å²) in [5.74, 6) is -1.01. The highest BCUT2D eigenvalue weighted by Crippen LogP contribution is 2.33. The maximum absolute atomic E-state index is 13.1. The normalized spacial score (nSPS) is 26.4. The topological polar surface area (TPSA) is 130 Å².